The summed E-state index contributed by atoms with van der Waals surface area (Å²) in [5.74, 6) is -0.0474. The molecule has 0 unspecified atom stereocenters. The molecule has 0 fully saturated rings. The lowest BCUT2D eigenvalue weighted by Crippen LogP contribution is -2.31. The van der Waals surface area contributed by atoms with Crippen molar-refractivity contribution in [1.29, 1.82) is 0 Å². The van der Waals surface area contributed by atoms with Crippen LogP contribution < -0.4 is 9.62 Å². The van der Waals surface area contributed by atoms with Gasteiger partial charge in [0.25, 0.3) is 0 Å². The van der Waals surface area contributed by atoms with Crippen molar-refractivity contribution in [2.45, 2.75) is 0 Å². The number of benzene rings is 3. The fraction of sp³-hybridized carbons (Fsp3) is 0. The van der Waals surface area contributed by atoms with Crippen molar-refractivity contribution in [3.8, 4) is 39.4 Å². The molecule has 0 N–H and O–H groups in total. The zero-order valence-corrected chi connectivity index (χ0v) is 15.7. The zero-order chi connectivity index (χ0) is 19.6. The number of fused-ring (bicyclic) bond motifs is 1. The predicted octanol–water partition coefficient (Wildman–Crippen LogP) is 4.89. The summed E-state index contributed by atoms with van der Waals surface area (Å²) in [6.07, 6.45) is 0. The van der Waals surface area contributed by atoms with Gasteiger partial charge in [0.1, 0.15) is 5.69 Å². The lowest BCUT2D eigenvalue weighted by Gasteiger charge is -2.11. The first-order valence-electron chi connectivity index (χ1n) is 9.54. The van der Waals surface area contributed by atoms with Crippen LogP contribution in [0.4, 0.5) is 0 Å². The monoisotopic (exact) mass is 374 g/mol. The minimum atomic E-state index is -0.0474. The van der Waals surface area contributed by atoms with Gasteiger partial charge in [0, 0.05) is 28.4 Å². The van der Waals surface area contributed by atoms with Crippen LogP contribution in [0.2, 0.25) is 0 Å². The minimum absolute atomic E-state index is 0.0474. The van der Waals surface area contributed by atoms with Gasteiger partial charge in [-0.1, -0.05) is 78.9 Å². The molecule has 29 heavy (non-hydrogen) atoms. The zero-order valence-electron chi connectivity index (χ0n) is 15.7. The maximum absolute atomic E-state index is 13.1. The van der Waals surface area contributed by atoms with Crippen LogP contribution in [0.25, 0.3) is 39.2 Å². The molecular weight excluding hydrogens is 356 g/mol. The van der Waals surface area contributed by atoms with Gasteiger partial charge in [-0.2, -0.15) is 0 Å². The first kappa shape index (κ1) is 17.1. The van der Waals surface area contributed by atoms with Crippen molar-refractivity contribution in [3.63, 3.8) is 0 Å². The second-order valence-electron chi connectivity index (χ2n) is 6.92. The van der Waals surface area contributed by atoms with Crippen molar-refractivity contribution >= 4 is 5.52 Å². The van der Waals surface area contributed by atoms with E-state index in [4.69, 9.17) is 5.10 Å². The number of aromatic nitrogens is 2. The first-order valence-corrected chi connectivity index (χ1v) is 9.54. The Hall–Kier alpha value is -3.98. The Kier molecular flexibility index (Phi) is 4.26. The standard InChI is InChI=1S/C26H18N2O/c29-26-18-23(20-12-6-2-7-13-20)27-28-24(21-14-8-3-9-15-21)16-22(17-25(26)28)19-10-4-1-5-11-19/h1-18H. The molecule has 0 spiro atoms. The van der Waals surface area contributed by atoms with Crippen LogP contribution in [0.5, 0.6) is 5.75 Å². The summed E-state index contributed by atoms with van der Waals surface area (Å²) in [6, 6.07) is 35.6. The van der Waals surface area contributed by atoms with Gasteiger partial charge in [0.15, 0.2) is 0 Å². The van der Waals surface area contributed by atoms with E-state index in [2.05, 4.69) is 18.2 Å². The molecule has 0 aliphatic heterocycles. The van der Waals surface area contributed by atoms with E-state index in [9.17, 15) is 5.11 Å². The van der Waals surface area contributed by atoms with E-state index in [1.807, 2.05) is 84.9 Å². The Morgan fingerprint density at radius 1 is 0.552 bits per heavy atom. The van der Waals surface area contributed by atoms with Crippen molar-refractivity contribution in [1.82, 2.24) is 5.10 Å². The van der Waals surface area contributed by atoms with Crippen molar-refractivity contribution in [3.05, 3.63) is 109 Å². The third kappa shape index (κ3) is 3.23. The molecular formula is C26H18N2O. The molecule has 0 saturated heterocycles. The molecule has 138 valence electrons. The van der Waals surface area contributed by atoms with Crippen LogP contribution in [0, 0.1) is 0 Å². The van der Waals surface area contributed by atoms with E-state index in [-0.39, 0.29) is 5.75 Å². The van der Waals surface area contributed by atoms with Gasteiger partial charge in [-0.3, -0.25) is 0 Å². The third-order valence-electron chi connectivity index (χ3n) is 5.02. The summed E-state index contributed by atoms with van der Waals surface area (Å²) in [7, 11) is 0. The molecule has 3 nitrogen and oxygen atoms in total. The largest absolute Gasteiger partial charge is 0.868 e. The van der Waals surface area contributed by atoms with E-state index < -0.39 is 0 Å². The lowest BCUT2D eigenvalue weighted by molar-refractivity contribution is -0.571. The molecule has 0 aliphatic rings. The molecule has 3 aromatic carbocycles. The molecule has 0 aliphatic carbocycles. The van der Waals surface area contributed by atoms with Crippen molar-refractivity contribution in [2.24, 2.45) is 0 Å². The van der Waals surface area contributed by atoms with E-state index in [1.165, 1.54) is 0 Å². The van der Waals surface area contributed by atoms with Gasteiger partial charge in [0.2, 0.25) is 11.2 Å². The Labute approximate surface area is 169 Å². The maximum Gasteiger partial charge on any atom is 0.246 e. The highest BCUT2D eigenvalue weighted by Crippen LogP contribution is 2.29. The van der Waals surface area contributed by atoms with Gasteiger partial charge in [-0.15, -0.1) is 0 Å². The highest BCUT2D eigenvalue weighted by atomic mass is 16.3. The third-order valence-corrected chi connectivity index (χ3v) is 5.02. The summed E-state index contributed by atoms with van der Waals surface area (Å²) < 4.78 is 1.77. The van der Waals surface area contributed by atoms with Crippen LogP contribution >= 0.6 is 0 Å². The Balaban J connectivity index is 1.82. The number of hydrogen-bond donors (Lipinski definition) is 0. The minimum Gasteiger partial charge on any atom is -0.868 e. The molecule has 0 bridgehead atoms. The fourth-order valence-electron chi connectivity index (χ4n) is 3.57. The molecule has 0 saturated carbocycles. The maximum atomic E-state index is 13.1. The number of rotatable bonds is 3. The summed E-state index contributed by atoms with van der Waals surface area (Å²) in [5.41, 5.74) is 6.11. The van der Waals surface area contributed by atoms with E-state index in [0.717, 1.165) is 27.9 Å². The van der Waals surface area contributed by atoms with Crippen LogP contribution in [0.15, 0.2) is 109 Å². The molecule has 2 heterocycles. The van der Waals surface area contributed by atoms with E-state index in [1.54, 1.807) is 10.6 Å². The summed E-state index contributed by atoms with van der Waals surface area (Å²) in [6.45, 7) is 0. The Bertz CT molecular complexity index is 1280. The van der Waals surface area contributed by atoms with E-state index in [0.29, 0.717) is 11.2 Å². The molecule has 0 amide bonds. The Morgan fingerprint density at radius 3 is 1.72 bits per heavy atom. The predicted molar refractivity (Wildman–Crippen MR) is 113 cm³/mol. The van der Waals surface area contributed by atoms with Gasteiger partial charge >= 0.3 is 0 Å². The van der Waals surface area contributed by atoms with Crippen molar-refractivity contribution in [2.75, 3.05) is 0 Å². The summed E-state index contributed by atoms with van der Waals surface area (Å²) >= 11 is 0. The molecule has 0 radical (unpaired) electrons. The second kappa shape index (κ2) is 7.21. The van der Waals surface area contributed by atoms with E-state index >= 15 is 0 Å². The van der Waals surface area contributed by atoms with Crippen molar-refractivity contribution < 1.29 is 9.62 Å². The Morgan fingerprint density at radius 2 is 1.10 bits per heavy atom. The van der Waals surface area contributed by atoms with Gasteiger partial charge in [-0.25, -0.2) is 0 Å². The number of pyridine rings is 1. The second-order valence-corrected chi connectivity index (χ2v) is 6.92. The van der Waals surface area contributed by atoms with Crippen LogP contribution in [-0.4, -0.2) is 5.10 Å². The van der Waals surface area contributed by atoms with Gasteiger partial charge in [-0.05, 0) is 39.6 Å². The topological polar surface area (TPSA) is 40.1 Å². The lowest BCUT2D eigenvalue weighted by atomic mass is 10.0. The average Bonchev–Trinajstić information content (AvgIpc) is 2.80. The highest BCUT2D eigenvalue weighted by molar-refractivity contribution is 5.75. The van der Waals surface area contributed by atoms with Crippen LogP contribution in [0.1, 0.15) is 0 Å². The molecule has 2 aromatic heterocycles. The first-order chi connectivity index (χ1) is 14.3. The van der Waals surface area contributed by atoms with Gasteiger partial charge in [0.05, 0.1) is 0 Å². The highest BCUT2D eigenvalue weighted by Gasteiger charge is 2.19. The SMILES string of the molecule is [O-]c1cc(-c2ccccc2)n[n+]2c(-c3ccccc3)cc(-c3ccccc3)cc12. The fourth-order valence-corrected chi connectivity index (χ4v) is 3.57. The summed E-state index contributed by atoms with van der Waals surface area (Å²) in [5, 5.41) is 17.9. The molecule has 5 rings (SSSR count). The molecule has 5 aromatic rings. The normalized spacial score (nSPS) is 10.9. The quantitative estimate of drug-likeness (QED) is 0.422. The molecule has 0 atom stereocenters. The van der Waals surface area contributed by atoms with Crippen LogP contribution in [0.3, 0.4) is 0 Å². The van der Waals surface area contributed by atoms with Crippen LogP contribution in [-0.2, 0) is 0 Å². The average molecular weight is 374 g/mol. The smallest absolute Gasteiger partial charge is 0.246 e. The number of hydrogen-bond acceptors (Lipinski definition) is 2. The number of nitrogens with zero attached hydrogens (tertiary/aromatic N) is 2. The summed E-state index contributed by atoms with van der Waals surface area (Å²) in [4.78, 5) is 0. The molecule has 3 heteroatoms. The van der Waals surface area contributed by atoms with Gasteiger partial charge < -0.3 is 5.11 Å².